The molecule has 6 aromatic carbocycles. The Labute approximate surface area is 255 Å². The van der Waals surface area contributed by atoms with Crippen molar-refractivity contribution in [3.8, 4) is 34.1 Å². The van der Waals surface area contributed by atoms with Crippen LogP contribution in [-0.4, -0.2) is 11.8 Å². The van der Waals surface area contributed by atoms with E-state index in [2.05, 4.69) is 78.9 Å². The van der Waals surface area contributed by atoms with E-state index in [9.17, 15) is 0 Å². The molecule has 0 radical (unpaired) electrons. The van der Waals surface area contributed by atoms with E-state index < -0.39 is 5.41 Å². The Balaban J connectivity index is 1.25. The molecule has 6 aromatic rings. The van der Waals surface area contributed by atoms with E-state index in [1.165, 1.54) is 16.7 Å². The van der Waals surface area contributed by atoms with Crippen LogP contribution >= 0.6 is 0 Å². The Morgan fingerprint density at radius 1 is 0.500 bits per heavy atom. The third kappa shape index (κ3) is 3.87. The van der Waals surface area contributed by atoms with E-state index in [1.54, 1.807) is 24.3 Å². The van der Waals surface area contributed by atoms with Gasteiger partial charge in [-0.05, 0) is 69.8 Å². The minimum Gasteiger partial charge on any atom is -0.449 e. The average Bonchev–Trinajstić information content (AvgIpc) is 3.37. The summed E-state index contributed by atoms with van der Waals surface area (Å²) >= 11 is 0. The highest BCUT2D eigenvalue weighted by Crippen LogP contribution is 2.59. The Kier molecular flexibility index (Phi) is 5.91. The lowest BCUT2D eigenvalue weighted by molar-refractivity contribution is 0.357. The van der Waals surface area contributed by atoms with Crippen molar-refractivity contribution >= 4 is 11.8 Å². The number of hydrogen-bond donors (Lipinski definition) is 2. The molecule has 0 fully saturated rings. The Bertz CT molecular complexity index is 2030. The maximum atomic E-state index is 8.70. The normalized spacial score (nSPS) is 13.3. The molecule has 8 rings (SSSR count). The van der Waals surface area contributed by atoms with Crippen LogP contribution in [0.5, 0.6) is 23.0 Å². The summed E-state index contributed by atoms with van der Waals surface area (Å²) in [6, 6.07) is 48.3. The Morgan fingerprint density at radius 3 is 1.82 bits per heavy atom. The number of ether oxygens (including phenoxy) is 3. The Hall–Kier alpha value is -5.94. The SMILES string of the molecule is N=C(OC(=N)c1cccc2c1Oc1cc3c(cc1O2)C(c1ccccc1)(c1ccccc1)c1ccccc1-3)c1ccccc1. The summed E-state index contributed by atoms with van der Waals surface area (Å²) in [5.41, 5.74) is 7.28. The monoisotopic (exact) mass is 570 g/mol. The molecule has 5 nitrogen and oxygen atoms in total. The zero-order chi connectivity index (χ0) is 29.7. The van der Waals surface area contributed by atoms with Gasteiger partial charge < -0.3 is 14.2 Å². The summed E-state index contributed by atoms with van der Waals surface area (Å²) in [6.45, 7) is 0. The molecule has 44 heavy (non-hydrogen) atoms. The number of nitrogens with one attached hydrogen (secondary N) is 2. The topological polar surface area (TPSA) is 75.4 Å². The molecule has 2 N–H and O–H groups in total. The largest absolute Gasteiger partial charge is 0.449 e. The Morgan fingerprint density at radius 2 is 1.11 bits per heavy atom. The van der Waals surface area contributed by atoms with Crippen molar-refractivity contribution in [3.05, 3.63) is 179 Å². The predicted molar refractivity (Wildman–Crippen MR) is 172 cm³/mol. The summed E-state index contributed by atoms with van der Waals surface area (Å²) < 4.78 is 18.7. The predicted octanol–water partition coefficient (Wildman–Crippen LogP) is 9.32. The van der Waals surface area contributed by atoms with Crippen LogP contribution in [0.2, 0.25) is 0 Å². The highest BCUT2D eigenvalue weighted by atomic mass is 16.6. The zero-order valence-electron chi connectivity index (χ0n) is 23.6. The number of fused-ring (bicyclic) bond motifs is 5. The lowest BCUT2D eigenvalue weighted by Gasteiger charge is -2.34. The van der Waals surface area contributed by atoms with E-state index in [0.717, 1.165) is 16.7 Å². The molecule has 0 atom stereocenters. The molecule has 2 aliphatic rings. The second-order valence-corrected chi connectivity index (χ2v) is 10.8. The molecule has 1 aliphatic carbocycles. The fraction of sp³-hybridized carbons (Fsp3) is 0.0256. The van der Waals surface area contributed by atoms with Crippen molar-refractivity contribution in [2.45, 2.75) is 5.41 Å². The number of benzene rings is 6. The molecule has 0 unspecified atom stereocenters. The molecule has 0 amide bonds. The van der Waals surface area contributed by atoms with E-state index in [-0.39, 0.29) is 11.8 Å². The third-order valence-electron chi connectivity index (χ3n) is 8.42. The molecule has 0 spiro atoms. The van der Waals surface area contributed by atoms with E-state index >= 15 is 0 Å². The molecule has 0 aromatic heterocycles. The van der Waals surface area contributed by atoms with Crippen molar-refractivity contribution in [1.82, 2.24) is 0 Å². The van der Waals surface area contributed by atoms with E-state index in [0.29, 0.717) is 34.1 Å². The third-order valence-corrected chi connectivity index (χ3v) is 8.42. The van der Waals surface area contributed by atoms with Crippen LogP contribution in [-0.2, 0) is 10.2 Å². The number of rotatable bonds is 4. The number of hydrogen-bond acceptors (Lipinski definition) is 5. The maximum absolute atomic E-state index is 8.70. The number of para-hydroxylation sites is 1. The van der Waals surface area contributed by atoms with Crippen molar-refractivity contribution in [3.63, 3.8) is 0 Å². The van der Waals surface area contributed by atoms with Gasteiger partial charge in [0.2, 0.25) is 11.8 Å². The highest BCUT2D eigenvalue weighted by Gasteiger charge is 2.47. The van der Waals surface area contributed by atoms with Crippen LogP contribution in [0.4, 0.5) is 0 Å². The molecule has 0 saturated heterocycles. The maximum Gasteiger partial charge on any atom is 0.225 e. The smallest absolute Gasteiger partial charge is 0.225 e. The fourth-order valence-electron chi connectivity index (χ4n) is 6.52. The van der Waals surface area contributed by atoms with Crippen molar-refractivity contribution < 1.29 is 14.2 Å². The molecule has 1 aliphatic heterocycles. The van der Waals surface area contributed by atoms with Gasteiger partial charge in [-0.15, -0.1) is 0 Å². The van der Waals surface area contributed by atoms with Gasteiger partial charge in [0.05, 0.1) is 11.0 Å². The van der Waals surface area contributed by atoms with Gasteiger partial charge in [-0.1, -0.05) is 109 Å². The zero-order valence-corrected chi connectivity index (χ0v) is 23.6. The minimum atomic E-state index is -0.553. The molecule has 0 bridgehead atoms. The minimum absolute atomic E-state index is 0.113. The summed E-state index contributed by atoms with van der Waals surface area (Å²) in [5.74, 6) is 1.71. The van der Waals surface area contributed by atoms with Gasteiger partial charge in [0.25, 0.3) is 0 Å². The van der Waals surface area contributed by atoms with Crippen molar-refractivity contribution in [1.29, 1.82) is 10.8 Å². The van der Waals surface area contributed by atoms with Gasteiger partial charge in [-0.2, -0.15) is 0 Å². The lowest BCUT2D eigenvalue weighted by atomic mass is 9.67. The van der Waals surface area contributed by atoms with Gasteiger partial charge >= 0.3 is 0 Å². The first kappa shape index (κ1) is 25.7. The first-order valence-corrected chi connectivity index (χ1v) is 14.4. The van der Waals surface area contributed by atoms with Gasteiger partial charge in [0.15, 0.2) is 23.0 Å². The first-order valence-electron chi connectivity index (χ1n) is 14.4. The van der Waals surface area contributed by atoms with Crippen molar-refractivity contribution in [2.75, 3.05) is 0 Å². The van der Waals surface area contributed by atoms with Crippen LogP contribution in [0.25, 0.3) is 11.1 Å². The molecular weight excluding hydrogens is 544 g/mol. The van der Waals surface area contributed by atoms with Gasteiger partial charge in [0.1, 0.15) is 0 Å². The summed E-state index contributed by atoms with van der Waals surface area (Å²) in [4.78, 5) is 0. The van der Waals surface area contributed by atoms with Gasteiger partial charge in [0, 0.05) is 5.56 Å². The summed E-state index contributed by atoms with van der Waals surface area (Å²) in [5, 5.41) is 17.1. The molecule has 210 valence electrons. The quantitative estimate of drug-likeness (QED) is 0.164. The second kappa shape index (κ2) is 10.1. The molecule has 1 heterocycles. The average molecular weight is 571 g/mol. The van der Waals surface area contributed by atoms with Crippen LogP contribution in [0.1, 0.15) is 33.4 Å². The highest BCUT2D eigenvalue weighted by molar-refractivity contribution is 6.06. The summed E-state index contributed by atoms with van der Waals surface area (Å²) in [7, 11) is 0. The molecule has 5 heteroatoms. The van der Waals surface area contributed by atoms with Crippen LogP contribution < -0.4 is 9.47 Å². The van der Waals surface area contributed by atoms with Crippen LogP contribution in [0.3, 0.4) is 0 Å². The first-order chi connectivity index (χ1) is 21.6. The fourth-order valence-corrected chi connectivity index (χ4v) is 6.52. The standard InChI is InChI=1S/C39H26N2O3/c40-37(25-13-4-1-5-14-25)44-38(41)29-20-12-22-33-36(29)43-34-23-30-28-19-10-11-21-31(28)39(26-15-6-2-7-16-26,27-17-8-3-9-18-27)32(30)24-35(34)42-33/h1-24,40-41H. The lowest BCUT2D eigenvalue weighted by Crippen LogP contribution is -2.28. The molecule has 0 saturated carbocycles. The van der Waals surface area contributed by atoms with Crippen LogP contribution in [0, 0.1) is 10.8 Å². The van der Waals surface area contributed by atoms with Crippen LogP contribution in [0.15, 0.2) is 146 Å². The van der Waals surface area contributed by atoms with Gasteiger partial charge in [-0.25, -0.2) is 0 Å². The molecular formula is C39H26N2O3. The van der Waals surface area contributed by atoms with E-state index in [1.807, 2.05) is 42.5 Å². The van der Waals surface area contributed by atoms with Gasteiger partial charge in [-0.3, -0.25) is 10.8 Å². The van der Waals surface area contributed by atoms with E-state index in [4.69, 9.17) is 25.0 Å². The second-order valence-electron chi connectivity index (χ2n) is 10.8. The summed E-state index contributed by atoms with van der Waals surface area (Å²) in [6.07, 6.45) is 0. The van der Waals surface area contributed by atoms with Crippen molar-refractivity contribution in [2.24, 2.45) is 0 Å².